The van der Waals surface area contributed by atoms with Gasteiger partial charge in [-0.25, -0.2) is 9.37 Å². The fraction of sp³-hybridized carbons (Fsp3) is 0.500. The number of hydrogen-bond donors (Lipinski definition) is 0. The first-order valence-corrected chi connectivity index (χ1v) is 5.80. The van der Waals surface area contributed by atoms with E-state index >= 15 is 0 Å². The lowest BCUT2D eigenvalue weighted by molar-refractivity contribution is 0.423. The van der Waals surface area contributed by atoms with Gasteiger partial charge >= 0.3 is 0 Å². The zero-order chi connectivity index (χ0) is 10.8. The molecule has 0 spiro atoms. The summed E-state index contributed by atoms with van der Waals surface area (Å²) in [7, 11) is 0. The molecule has 1 heterocycles. The van der Waals surface area contributed by atoms with E-state index in [9.17, 15) is 4.39 Å². The number of halogens is 3. The van der Waals surface area contributed by atoms with Gasteiger partial charge < -0.3 is 0 Å². The van der Waals surface area contributed by atoms with E-state index in [0.29, 0.717) is 11.6 Å². The van der Waals surface area contributed by atoms with Gasteiger partial charge in [0.25, 0.3) is 0 Å². The lowest BCUT2D eigenvalue weighted by Gasteiger charge is -2.21. The average molecular weight is 281 g/mol. The van der Waals surface area contributed by atoms with Crippen molar-refractivity contribution in [3.05, 3.63) is 28.8 Å². The molecule has 0 N–H and O–H groups in total. The molecule has 0 aromatic carbocycles. The molecule has 0 radical (unpaired) electrons. The van der Waals surface area contributed by atoms with E-state index in [2.05, 4.69) is 34.8 Å². The van der Waals surface area contributed by atoms with Crippen molar-refractivity contribution in [2.75, 3.05) is 5.33 Å². The Hall–Kier alpha value is -0.150. The fourth-order valence-electron chi connectivity index (χ4n) is 1.15. The second-order valence-electron chi connectivity index (χ2n) is 4.08. The molecule has 1 aromatic rings. The molecule has 1 aromatic heterocycles. The van der Waals surface area contributed by atoms with Gasteiger partial charge in [0.2, 0.25) is 0 Å². The van der Waals surface area contributed by atoms with Gasteiger partial charge in [-0.2, -0.15) is 0 Å². The largest absolute Gasteiger partial charge is 0.241 e. The molecule has 78 valence electrons. The quantitative estimate of drug-likeness (QED) is 0.605. The number of pyridine rings is 1. The zero-order valence-corrected chi connectivity index (χ0v) is 10.5. The van der Waals surface area contributed by atoms with Crippen molar-refractivity contribution in [2.45, 2.75) is 20.3 Å². The molecule has 4 heteroatoms. The van der Waals surface area contributed by atoms with E-state index in [0.717, 1.165) is 17.1 Å². The van der Waals surface area contributed by atoms with E-state index < -0.39 is 0 Å². The number of nitrogens with zero attached hydrogens (tertiary/aromatic N) is 1. The topological polar surface area (TPSA) is 12.9 Å². The zero-order valence-electron chi connectivity index (χ0n) is 8.15. The Bertz CT molecular complexity index is 328. The summed E-state index contributed by atoms with van der Waals surface area (Å²) < 4.78 is 12.9. The van der Waals surface area contributed by atoms with Crippen LogP contribution in [-0.2, 0) is 6.42 Å². The highest BCUT2D eigenvalue weighted by atomic mass is 79.9. The second-order valence-corrected chi connectivity index (χ2v) is 5.00. The van der Waals surface area contributed by atoms with Crippen LogP contribution in [0, 0.1) is 11.2 Å². The first-order valence-electron chi connectivity index (χ1n) is 4.30. The van der Waals surface area contributed by atoms with Gasteiger partial charge in [0.15, 0.2) is 0 Å². The summed E-state index contributed by atoms with van der Waals surface area (Å²) in [5.74, 6) is -0.338. The summed E-state index contributed by atoms with van der Waals surface area (Å²) in [4.78, 5) is 3.77. The van der Waals surface area contributed by atoms with E-state index in [1.165, 1.54) is 6.07 Å². The van der Waals surface area contributed by atoms with E-state index in [-0.39, 0.29) is 11.2 Å². The molecule has 0 aliphatic rings. The van der Waals surface area contributed by atoms with Crippen LogP contribution in [0.2, 0.25) is 5.15 Å². The van der Waals surface area contributed by atoms with Crippen molar-refractivity contribution >= 4 is 27.5 Å². The summed E-state index contributed by atoms with van der Waals surface area (Å²) >= 11 is 9.28. The second kappa shape index (κ2) is 4.58. The van der Waals surface area contributed by atoms with Crippen molar-refractivity contribution in [1.29, 1.82) is 0 Å². The lowest BCUT2D eigenvalue weighted by Crippen LogP contribution is -2.17. The first kappa shape index (κ1) is 11.9. The highest BCUT2D eigenvalue weighted by molar-refractivity contribution is 9.09. The van der Waals surface area contributed by atoms with E-state index in [4.69, 9.17) is 11.6 Å². The summed E-state index contributed by atoms with van der Waals surface area (Å²) in [5.41, 5.74) is 0.815. The summed E-state index contributed by atoms with van der Waals surface area (Å²) in [5, 5.41) is 1.23. The van der Waals surface area contributed by atoms with Gasteiger partial charge in [0.05, 0.1) is 6.20 Å². The smallest absolute Gasteiger partial charge is 0.141 e. The molecule has 0 aliphatic carbocycles. The van der Waals surface area contributed by atoms with Crippen molar-refractivity contribution < 1.29 is 4.39 Å². The van der Waals surface area contributed by atoms with Crippen LogP contribution in [0.4, 0.5) is 4.39 Å². The minimum Gasteiger partial charge on any atom is -0.241 e. The van der Waals surface area contributed by atoms with Crippen LogP contribution in [-0.4, -0.2) is 10.3 Å². The molecule has 0 saturated carbocycles. The molecule has 0 amide bonds. The summed E-state index contributed by atoms with van der Waals surface area (Å²) in [6, 6.07) is 1.44. The van der Waals surface area contributed by atoms with Gasteiger partial charge in [-0.05, 0) is 23.5 Å². The van der Waals surface area contributed by atoms with Crippen LogP contribution in [0.3, 0.4) is 0 Å². The van der Waals surface area contributed by atoms with Gasteiger partial charge in [0.1, 0.15) is 11.0 Å². The van der Waals surface area contributed by atoms with Crippen LogP contribution < -0.4 is 0 Å². The number of alkyl halides is 1. The Balaban J connectivity index is 2.91. The molecular formula is C10H12BrClFN. The maximum Gasteiger partial charge on any atom is 0.141 e. The van der Waals surface area contributed by atoms with E-state index in [1.807, 2.05) is 0 Å². The number of rotatable bonds is 3. The average Bonchev–Trinajstić information content (AvgIpc) is 2.11. The molecule has 0 aliphatic heterocycles. The number of hydrogen-bond acceptors (Lipinski definition) is 1. The molecule has 14 heavy (non-hydrogen) atoms. The third-order valence-corrected chi connectivity index (χ3v) is 3.77. The highest BCUT2D eigenvalue weighted by Crippen LogP contribution is 2.27. The molecule has 0 unspecified atom stereocenters. The highest BCUT2D eigenvalue weighted by Gasteiger charge is 2.19. The third kappa shape index (κ3) is 3.21. The Morgan fingerprint density at radius 3 is 2.79 bits per heavy atom. The Morgan fingerprint density at radius 2 is 2.21 bits per heavy atom. The number of aromatic nitrogens is 1. The maximum atomic E-state index is 12.9. The summed E-state index contributed by atoms with van der Waals surface area (Å²) in [6.07, 6.45) is 1.84. The van der Waals surface area contributed by atoms with Crippen LogP contribution in [0.15, 0.2) is 12.3 Å². The fourth-order valence-corrected chi connectivity index (χ4v) is 1.52. The molecule has 0 fully saturated rings. The predicted molar refractivity (Wildman–Crippen MR) is 60.5 cm³/mol. The molecule has 0 atom stereocenters. The predicted octanol–water partition coefficient (Wildman–Crippen LogP) is 3.84. The monoisotopic (exact) mass is 279 g/mol. The molecular weight excluding hydrogens is 268 g/mol. The Labute approximate surface area is 96.8 Å². The Kier molecular flexibility index (Phi) is 3.90. The Morgan fingerprint density at radius 1 is 1.57 bits per heavy atom. The minimum absolute atomic E-state index is 0.0547. The van der Waals surface area contributed by atoms with Gasteiger partial charge in [-0.3, -0.25) is 0 Å². The van der Waals surface area contributed by atoms with Crippen molar-refractivity contribution in [3.8, 4) is 0 Å². The van der Waals surface area contributed by atoms with Crippen molar-refractivity contribution in [2.24, 2.45) is 5.41 Å². The molecule has 0 saturated heterocycles. The lowest BCUT2D eigenvalue weighted by atomic mass is 9.89. The van der Waals surface area contributed by atoms with Gasteiger partial charge in [0, 0.05) is 5.33 Å². The van der Waals surface area contributed by atoms with Crippen molar-refractivity contribution in [3.63, 3.8) is 0 Å². The minimum atomic E-state index is -0.338. The summed E-state index contributed by atoms with van der Waals surface area (Å²) in [6.45, 7) is 4.17. The normalized spacial score (nSPS) is 11.8. The molecule has 0 bridgehead atoms. The van der Waals surface area contributed by atoms with Crippen LogP contribution in [0.1, 0.15) is 19.4 Å². The standard InChI is InChI=1S/C10H12BrClFN/c1-10(2,6-11)4-7-3-8(13)5-14-9(7)12/h3,5H,4,6H2,1-2H3. The third-order valence-electron chi connectivity index (χ3n) is 1.91. The van der Waals surface area contributed by atoms with Gasteiger partial charge in [-0.15, -0.1) is 0 Å². The SMILES string of the molecule is CC(C)(CBr)Cc1cc(F)cnc1Cl. The van der Waals surface area contributed by atoms with Gasteiger partial charge in [-0.1, -0.05) is 41.4 Å². The van der Waals surface area contributed by atoms with E-state index in [1.54, 1.807) is 0 Å². The van der Waals surface area contributed by atoms with Crippen molar-refractivity contribution in [1.82, 2.24) is 4.98 Å². The van der Waals surface area contributed by atoms with Crippen LogP contribution in [0.25, 0.3) is 0 Å². The molecule has 1 rings (SSSR count). The van der Waals surface area contributed by atoms with Crippen LogP contribution in [0.5, 0.6) is 0 Å². The van der Waals surface area contributed by atoms with Crippen LogP contribution >= 0.6 is 27.5 Å². The molecule has 1 nitrogen and oxygen atoms in total. The maximum absolute atomic E-state index is 12.9. The first-order chi connectivity index (χ1) is 6.44.